The van der Waals surface area contributed by atoms with E-state index in [9.17, 15) is 22.2 Å². The second-order valence-electron chi connectivity index (χ2n) is 9.17. The average molecular weight is 423 g/mol. The number of piperidine rings is 1. The molecule has 0 aromatic heterocycles. The first-order chi connectivity index (χ1) is 13.7. The van der Waals surface area contributed by atoms with Gasteiger partial charge in [0.1, 0.15) is 0 Å². The van der Waals surface area contributed by atoms with Crippen LogP contribution in [0.15, 0.2) is 12.1 Å². The molecule has 2 saturated carbocycles. The van der Waals surface area contributed by atoms with E-state index < -0.39 is 27.6 Å². The minimum absolute atomic E-state index is 0.0940. The number of halogens is 1. The molecule has 0 amide bonds. The maximum Gasteiger partial charge on any atom is 0.488 e. The van der Waals surface area contributed by atoms with E-state index in [4.69, 9.17) is 4.74 Å². The van der Waals surface area contributed by atoms with Crippen molar-refractivity contribution in [2.75, 3.05) is 13.1 Å². The standard InChI is InChI=1S/C20H22FNO6S/c21-29(25,26)28-14-4-3-12-9-15-20(24)6-5-13(23)18-19(20,16(12)17(14)27-18)7-8-22(15)10-11-1-2-11/h3-4,11,15,18,24H,1-2,5-10H2/t15-,18+,19+,20-/m1/s1. The van der Waals surface area contributed by atoms with E-state index in [0.717, 1.165) is 18.7 Å². The molecule has 5 aliphatic rings. The molecular formula is C20H22FNO6S. The Morgan fingerprint density at radius 2 is 2.10 bits per heavy atom. The van der Waals surface area contributed by atoms with Crippen molar-refractivity contribution in [3.8, 4) is 11.5 Å². The van der Waals surface area contributed by atoms with Gasteiger partial charge in [-0.25, -0.2) is 0 Å². The summed E-state index contributed by atoms with van der Waals surface area (Å²) in [6.45, 7) is 1.69. The normalized spacial score (nSPS) is 37.8. The summed E-state index contributed by atoms with van der Waals surface area (Å²) in [4.78, 5) is 15.2. The Morgan fingerprint density at radius 3 is 2.83 bits per heavy atom. The smallest absolute Gasteiger partial charge is 0.477 e. The lowest BCUT2D eigenvalue weighted by Crippen LogP contribution is -2.76. The van der Waals surface area contributed by atoms with Crippen molar-refractivity contribution in [2.45, 2.75) is 61.7 Å². The van der Waals surface area contributed by atoms with Crippen molar-refractivity contribution in [3.63, 3.8) is 0 Å². The highest BCUT2D eigenvalue weighted by Gasteiger charge is 2.73. The van der Waals surface area contributed by atoms with E-state index in [-0.39, 0.29) is 29.7 Å². The molecule has 2 heterocycles. The molecule has 2 aliphatic heterocycles. The van der Waals surface area contributed by atoms with Crippen molar-refractivity contribution < 1.29 is 31.1 Å². The predicted octanol–water partition coefficient (Wildman–Crippen LogP) is 1.41. The molecule has 0 radical (unpaired) electrons. The molecule has 7 nitrogen and oxygen atoms in total. The molecular weight excluding hydrogens is 401 g/mol. The summed E-state index contributed by atoms with van der Waals surface area (Å²) in [5.74, 6) is 0.402. The lowest BCUT2D eigenvalue weighted by atomic mass is 9.49. The van der Waals surface area contributed by atoms with E-state index in [2.05, 4.69) is 9.08 Å². The number of ketones is 1. The zero-order valence-corrected chi connectivity index (χ0v) is 16.6. The molecule has 1 spiro atoms. The number of benzene rings is 1. The van der Waals surface area contributed by atoms with Crippen LogP contribution in [-0.4, -0.2) is 55.0 Å². The van der Waals surface area contributed by atoms with E-state index in [1.807, 2.05) is 0 Å². The first kappa shape index (κ1) is 18.1. The summed E-state index contributed by atoms with van der Waals surface area (Å²) >= 11 is 0. The minimum Gasteiger partial charge on any atom is -0.477 e. The van der Waals surface area contributed by atoms with E-state index >= 15 is 0 Å². The topological polar surface area (TPSA) is 93.1 Å². The van der Waals surface area contributed by atoms with Crippen LogP contribution in [0.1, 0.15) is 43.2 Å². The van der Waals surface area contributed by atoms with Crippen LogP contribution < -0.4 is 8.92 Å². The van der Waals surface area contributed by atoms with Crippen molar-refractivity contribution in [2.24, 2.45) is 5.92 Å². The minimum atomic E-state index is -5.24. The lowest BCUT2D eigenvalue weighted by Gasteiger charge is -2.62. The number of likely N-dealkylation sites (tertiary alicyclic amines) is 1. The molecule has 4 atom stereocenters. The van der Waals surface area contributed by atoms with Crippen LogP contribution in [0.3, 0.4) is 0 Å². The number of hydrogen-bond acceptors (Lipinski definition) is 7. The van der Waals surface area contributed by atoms with Gasteiger partial charge in [-0.1, -0.05) is 9.95 Å². The predicted molar refractivity (Wildman–Crippen MR) is 98.8 cm³/mol. The Balaban J connectivity index is 1.54. The zero-order valence-electron chi connectivity index (χ0n) is 15.8. The first-order valence-corrected chi connectivity index (χ1v) is 11.5. The van der Waals surface area contributed by atoms with Gasteiger partial charge in [0.15, 0.2) is 23.4 Å². The second-order valence-corrected chi connectivity index (χ2v) is 10.1. The van der Waals surface area contributed by atoms with Gasteiger partial charge in [0.25, 0.3) is 0 Å². The molecule has 1 aromatic carbocycles. The number of Topliss-reactive ketones (excluding diaryl/α,β-unsaturated/α-hetero) is 1. The van der Waals surface area contributed by atoms with Gasteiger partial charge >= 0.3 is 10.5 Å². The fourth-order valence-electron chi connectivity index (χ4n) is 6.43. The van der Waals surface area contributed by atoms with Crippen LogP contribution in [0.4, 0.5) is 3.89 Å². The molecule has 3 fully saturated rings. The monoisotopic (exact) mass is 423 g/mol. The fourth-order valence-corrected chi connectivity index (χ4v) is 6.77. The maximum atomic E-state index is 13.3. The van der Waals surface area contributed by atoms with Crippen molar-refractivity contribution in [1.29, 1.82) is 0 Å². The number of rotatable bonds is 4. The average Bonchev–Trinajstić information content (AvgIpc) is 3.38. The molecule has 156 valence electrons. The number of aliphatic hydroxyl groups is 1. The van der Waals surface area contributed by atoms with Gasteiger partial charge < -0.3 is 14.0 Å². The number of ether oxygens (including phenoxy) is 1. The SMILES string of the molecule is O=C1CC[C@@]2(O)[C@H]3Cc4ccc(OS(=O)(=O)F)c5c4[C@@]2(CCN3CC2CC2)[C@H]1O5. The maximum absolute atomic E-state index is 13.3. The molecule has 1 N–H and O–H groups in total. The third-order valence-corrected chi connectivity index (χ3v) is 8.11. The van der Waals surface area contributed by atoms with E-state index in [1.165, 1.54) is 18.9 Å². The molecule has 2 bridgehead atoms. The van der Waals surface area contributed by atoms with Crippen LogP contribution >= 0.6 is 0 Å². The number of carbonyl (C=O) groups is 1. The van der Waals surface area contributed by atoms with Crippen LogP contribution in [-0.2, 0) is 27.1 Å². The summed E-state index contributed by atoms with van der Waals surface area (Å²) < 4.78 is 46.0. The van der Waals surface area contributed by atoms with Crippen LogP contribution in [0.25, 0.3) is 0 Å². The van der Waals surface area contributed by atoms with Gasteiger partial charge in [0.2, 0.25) is 0 Å². The Bertz CT molecular complexity index is 1040. The van der Waals surface area contributed by atoms with Gasteiger partial charge in [-0.05, 0) is 56.2 Å². The Kier molecular flexibility index (Phi) is 3.43. The number of hydrogen-bond donors (Lipinski definition) is 1. The third kappa shape index (κ3) is 2.29. The van der Waals surface area contributed by atoms with Crippen LogP contribution in [0.5, 0.6) is 11.5 Å². The Morgan fingerprint density at radius 1 is 1.31 bits per heavy atom. The molecule has 1 aromatic rings. The van der Waals surface area contributed by atoms with Gasteiger partial charge in [0.05, 0.1) is 11.0 Å². The Labute approximate surface area is 168 Å². The molecule has 1 saturated heterocycles. The summed E-state index contributed by atoms with van der Waals surface area (Å²) in [5, 5.41) is 12.0. The quantitative estimate of drug-likeness (QED) is 0.732. The highest BCUT2D eigenvalue weighted by molar-refractivity contribution is 7.81. The summed E-state index contributed by atoms with van der Waals surface area (Å²) in [6, 6.07) is 2.99. The second kappa shape index (κ2) is 5.50. The van der Waals surface area contributed by atoms with Gasteiger partial charge in [-0.2, -0.15) is 8.42 Å². The lowest BCUT2D eigenvalue weighted by molar-refractivity contribution is -0.188. The molecule has 29 heavy (non-hydrogen) atoms. The highest BCUT2D eigenvalue weighted by Crippen LogP contribution is 2.65. The molecule has 3 aliphatic carbocycles. The summed E-state index contributed by atoms with van der Waals surface area (Å²) in [5.41, 5.74) is -0.530. The molecule has 0 unspecified atom stereocenters. The Hall–Kier alpha value is -1.71. The number of carbonyl (C=O) groups excluding carboxylic acids is 1. The third-order valence-electron chi connectivity index (χ3n) is 7.73. The fraction of sp³-hybridized carbons (Fsp3) is 0.650. The van der Waals surface area contributed by atoms with Crippen molar-refractivity contribution in [3.05, 3.63) is 23.3 Å². The molecule has 9 heteroatoms. The van der Waals surface area contributed by atoms with Gasteiger partial charge in [0, 0.05) is 24.6 Å². The van der Waals surface area contributed by atoms with Gasteiger partial charge in [-0.15, -0.1) is 0 Å². The van der Waals surface area contributed by atoms with Crippen molar-refractivity contribution >= 4 is 16.3 Å². The van der Waals surface area contributed by atoms with Crippen molar-refractivity contribution in [1.82, 2.24) is 4.90 Å². The first-order valence-electron chi connectivity index (χ1n) is 10.2. The summed E-state index contributed by atoms with van der Waals surface area (Å²) in [6.07, 6.45) is 3.22. The largest absolute Gasteiger partial charge is 0.488 e. The van der Waals surface area contributed by atoms with Crippen LogP contribution in [0.2, 0.25) is 0 Å². The van der Waals surface area contributed by atoms with E-state index in [1.54, 1.807) is 6.07 Å². The van der Waals surface area contributed by atoms with Gasteiger partial charge in [-0.3, -0.25) is 9.69 Å². The highest BCUT2D eigenvalue weighted by atomic mass is 32.3. The molecule has 6 rings (SSSR count). The zero-order chi connectivity index (χ0) is 20.2. The summed E-state index contributed by atoms with van der Waals surface area (Å²) in [7, 11) is -5.24. The number of nitrogens with zero attached hydrogens (tertiary/aromatic N) is 1. The van der Waals surface area contributed by atoms with E-state index in [0.29, 0.717) is 30.7 Å². The van der Waals surface area contributed by atoms with Crippen LogP contribution in [0, 0.1) is 5.92 Å².